The molecule has 0 radical (unpaired) electrons. The van der Waals surface area contributed by atoms with Gasteiger partial charge in [-0.3, -0.25) is 14.9 Å². The number of hydrogen-bond acceptors (Lipinski definition) is 8. The SMILES string of the molecule is COC(=O)C1=C(C)NC(C)=C(C(=O)NC[C@H]2CCN(CCc3ccc(OC(F)(F)F)c(F)c3)C2)C1c1cccc([N+](=O)[O-])c1. The minimum absolute atomic E-state index is 0.0873. The minimum Gasteiger partial charge on any atom is -0.466 e. The summed E-state index contributed by atoms with van der Waals surface area (Å²) in [6.45, 7) is 5.57. The van der Waals surface area contributed by atoms with Gasteiger partial charge in [0.15, 0.2) is 11.6 Å². The molecule has 4 rings (SSSR count). The minimum atomic E-state index is -4.98. The van der Waals surface area contributed by atoms with Crippen LogP contribution in [0, 0.1) is 21.8 Å². The Balaban J connectivity index is 1.41. The van der Waals surface area contributed by atoms with Crippen LogP contribution in [0.4, 0.5) is 23.2 Å². The van der Waals surface area contributed by atoms with Crippen molar-refractivity contribution < 1.29 is 41.5 Å². The summed E-state index contributed by atoms with van der Waals surface area (Å²) in [5, 5.41) is 17.5. The number of carbonyl (C=O) groups excluding carboxylic acids is 2. The van der Waals surface area contributed by atoms with E-state index in [0.29, 0.717) is 55.1 Å². The van der Waals surface area contributed by atoms with Crippen molar-refractivity contribution in [2.75, 3.05) is 33.3 Å². The van der Waals surface area contributed by atoms with Gasteiger partial charge in [0.25, 0.3) is 5.69 Å². The van der Waals surface area contributed by atoms with Gasteiger partial charge in [0.2, 0.25) is 5.91 Å². The number of carbonyl (C=O) groups is 2. The number of halogens is 4. The number of hydrogen-bond donors (Lipinski definition) is 2. The van der Waals surface area contributed by atoms with Crippen LogP contribution in [0.1, 0.15) is 37.3 Å². The Morgan fingerprint density at radius 1 is 1.14 bits per heavy atom. The number of allylic oxidation sites excluding steroid dienone is 2. The number of dihydropyridines is 1. The van der Waals surface area contributed by atoms with Gasteiger partial charge in [-0.1, -0.05) is 18.2 Å². The molecule has 0 aliphatic carbocycles. The van der Waals surface area contributed by atoms with Crippen molar-refractivity contribution in [3.63, 3.8) is 0 Å². The molecule has 0 aromatic heterocycles. The number of amides is 1. The van der Waals surface area contributed by atoms with E-state index in [1.54, 1.807) is 19.9 Å². The number of nitrogens with zero attached hydrogens (tertiary/aromatic N) is 2. The quantitative estimate of drug-likeness (QED) is 0.169. The van der Waals surface area contributed by atoms with Crippen LogP contribution in [0.3, 0.4) is 0 Å². The van der Waals surface area contributed by atoms with E-state index in [0.717, 1.165) is 18.6 Å². The third-order valence-electron chi connectivity index (χ3n) is 7.68. The highest BCUT2D eigenvalue weighted by Gasteiger charge is 2.38. The molecule has 236 valence electrons. The van der Waals surface area contributed by atoms with Crippen LogP contribution in [-0.2, 0) is 20.7 Å². The van der Waals surface area contributed by atoms with Gasteiger partial charge in [0.1, 0.15) is 0 Å². The summed E-state index contributed by atoms with van der Waals surface area (Å²) >= 11 is 0. The maximum Gasteiger partial charge on any atom is 0.573 e. The van der Waals surface area contributed by atoms with Crippen LogP contribution in [-0.4, -0.2) is 61.4 Å². The molecule has 2 aliphatic heterocycles. The zero-order chi connectivity index (χ0) is 32.2. The highest BCUT2D eigenvalue weighted by molar-refractivity contribution is 6.02. The van der Waals surface area contributed by atoms with Crippen molar-refractivity contribution in [3.05, 3.63) is 92.1 Å². The Kier molecular flexibility index (Phi) is 9.92. The van der Waals surface area contributed by atoms with Gasteiger partial charge < -0.3 is 25.0 Å². The zero-order valence-electron chi connectivity index (χ0n) is 24.3. The lowest BCUT2D eigenvalue weighted by molar-refractivity contribution is -0.384. The molecule has 2 heterocycles. The number of rotatable bonds is 10. The Bertz CT molecular complexity index is 1510. The topological polar surface area (TPSA) is 123 Å². The number of nitro benzene ring substituents is 1. The molecular weight excluding hydrogens is 588 g/mol. The van der Waals surface area contributed by atoms with Gasteiger partial charge in [0, 0.05) is 48.7 Å². The molecule has 2 aromatic carbocycles. The van der Waals surface area contributed by atoms with Crippen LogP contribution in [0.15, 0.2) is 65.0 Å². The fraction of sp³-hybridized carbons (Fsp3) is 0.400. The average molecular weight is 621 g/mol. The molecule has 2 atom stereocenters. The smallest absolute Gasteiger partial charge is 0.466 e. The molecule has 0 saturated carbocycles. The van der Waals surface area contributed by atoms with Crippen molar-refractivity contribution in [3.8, 4) is 5.75 Å². The van der Waals surface area contributed by atoms with E-state index in [-0.39, 0.29) is 22.8 Å². The number of non-ortho nitro benzene ring substituents is 1. The molecule has 10 nitrogen and oxygen atoms in total. The maximum atomic E-state index is 14.1. The summed E-state index contributed by atoms with van der Waals surface area (Å²) in [5.41, 5.74) is 2.12. The molecule has 1 saturated heterocycles. The van der Waals surface area contributed by atoms with Gasteiger partial charge in [-0.2, -0.15) is 0 Å². The predicted octanol–water partition coefficient (Wildman–Crippen LogP) is 4.72. The summed E-state index contributed by atoms with van der Waals surface area (Å²) in [6, 6.07) is 9.16. The van der Waals surface area contributed by atoms with E-state index in [1.807, 2.05) is 0 Å². The van der Waals surface area contributed by atoms with Gasteiger partial charge >= 0.3 is 12.3 Å². The zero-order valence-corrected chi connectivity index (χ0v) is 24.3. The Morgan fingerprint density at radius 3 is 2.52 bits per heavy atom. The monoisotopic (exact) mass is 620 g/mol. The molecule has 1 unspecified atom stereocenters. The average Bonchev–Trinajstić information content (AvgIpc) is 3.42. The second kappa shape index (κ2) is 13.5. The molecule has 0 spiro atoms. The van der Waals surface area contributed by atoms with Gasteiger partial charge in [-0.25, -0.2) is 9.18 Å². The first-order valence-corrected chi connectivity index (χ1v) is 13.8. The van der Waals surface area contributed by atoms with Crippen LogP contribution in [0.5, 0.6) is 5.75 Å². The maximum absolute atomic E-state index is 14.1. The number of likely N-dealkylation sites (tertiary alicyclic amines) is 1. The molecular formula is C30H32F4N4O6. The van der Waals surface area contributed by atoms with Crippen molar-refractivity contribution in [1.29, 1.82) is 0 Å². The predicted molar refractivity (Wildman–Crippen MR) is 151 cm³/mol. The molecule has 1 fully saturated rings. The van der Waals surface area contributed by atoms with E-state index in [4.69, 9.17) is 4.74 Å². The first-order chi connectivity index (χ1) is 20.8. The summed E-state index contributed by atoms with van der Waals surface area (Å²) in [7, 11) is 1.22. The second-order valence-electron chi connectivity index (χ2n) is 10.7. The molecule has 2 aromatic rings. The third-order valence-corrected chi connectivity index (χ3v) is 7.68. The van der Waals surface area contributed by atoms with Crippen LogP contribution >= 0.6 is 0 Å². The summed E-state index contributed by atoms with van der Waals surface area (Å²) in [5.74, 6) is -3.89. The van der Waals surface area contributed by atoms with Gasteiger partial charge in [0.05, 0.1) is 23.5 Å². The van der Waals surface area contributed by atoms with E-state index >= 15 is 0 Å². The fourth-order valence-corrected chi connectivity index (χ4v) is 5.64. The Hall–Kier alpha value is -4.46. The second-order valence-corrected chi connectivity index (χ2v) is 10.7. The first kappa shape index (κ1) is 32.5. The fourth-order valence-electron chi connectivity index (χ4n) is 5.64. The largest absolute Gasteiger partial charge is 0.573 e. The standard InChI is InChI=1S/C30H32F4N4O6/c1-17-25(27(26(18(2)36-17)29(40)43-3)21-5-4-6-22(14-21)38(41)42)28(39)35-15-20-10-12-37(16-20)11-9-19-7-8-24(23(31)13-19)44-30(32,33)34/h4-8,13-14,20,27,36H,9-12,15-16H2,1-3H3,(H,35,39)/t20-,27?/m1/s1. The third kappa shape index (κ3) is 7.73. The Labute approximate surface area is 250 Å². The lowest BCUT2D eigenvalue weighted by Gasteiger charge is -2.31. The highest BCUT2D eigenvalue weighted by atomic mass is 19.4. The Morgan fingerprint density at radius 2 is 1.86 bits per heavy atom. The van der Waals surface area contributed by atoms with E-state index in [1.165, 1.54) is 31.4 Å². The molecule has 2 N–H and O–H groups in total. The molecule has 14 heteroatoms. The molecule has 1 amide bonds. The summed E-state index contributed by atoms with van der Waals surface area (Å²) < 4.78 is 59.9. The first-order valence-electron chi connectivity index (χ1n) is 13.8. The van der Waals surface area contributed by atoms with Crippen LogP contribution in [0.25, 0.3) is 0 Å². The summed E-state index contributed by atoms with van der Waals surface area (Å²) in [4.78, 5) is 39.5. The number of nitro groups is 1. The van der Waals surface area contributed by atoms with Crippen molar-refractivity contribution in [1.82, 2.24) is 15.5 Å². The van der Waals surface area contributed by atoms with Crippen LogP contribution in [0.2, 0.25) is 0 Å². The number of esters is 1. The van der Waals surface area contributed by atoms with Crippen molar-refractivity contribution >= 4 is 17.6 Å². The molecule has 2 aliphatic rings. The van der Waals surface area contributed by atoms with Crippen LogP contribution < -0.4 is 15.4 Å². The van der Waals surface area contributed by atoms with E-state index in [9.17, 15) is 37.3 Å². The highest BCUT2D eigenvalue weighted by Crippen LogP contribution is 2.39. The van der Waals surface area contributed by atoms with Crippen molar-refractivity contribution in [2.24, 2.45) is 5.92 Å². The van der Waals surface area contributed by atoms with Crippen molar-refractivity contribution in [2.45, 2.75) is 39.0 Å². The molecule has 44 heavy (non-hydrogen) atoms. The summed E-state index contributed by atoms with van der Waals surface area (Å²) in [6.07, 6.45) is -3.80. The lowest BCUT2D eigenvalue weighted by Crippen LogP contribution is -2.38. The van der Waals surface area contributed by atoms with E-state index < -0.39 is 40.6 Å². The lowest BCUT2D eigenvalue weighted by atomic mass is 9.80. The molecule has 0 bridgehead atoms. The van der Waals surface area contributed by atoms with E-state index in [2.05, 4.69) is 20.3 Å². The normalized spacial score (nSPS) is 19.1. The number of benzene rings is 2. The van der Waals surface area contributed by atoms with Gasteiger partial charge in [-0.05, 0) is 62.4 Å². The number of alkyl halides is 3. The number of ether oxygens (including phenoxy) is 2. The van der Waals surface area contributed by atoms with Gasteiger partial charge in [-0.15, -0.1) is 13.2 Å². The number of nitrogens with one attached hydrogen (secondary N) is 2. The number of methoxy groups -OCH3 is 1.